The molecule has 1 aromatic heterocycles. The molecule has 1 amide bonds. The van der Waals surface area contributed by atoms with Gasteiger partial charge in [-0.15, -0.1) is 0 Å². The minimum atomic E-state index is -3.36. The Morgan fingerprint density at radius 2 is 1.89 bits per heavy atom. The highest BCUT2D eigenvalue weighted by molar-refractivity contribution is 7.88. The predicted octanol–water partition coefficient (Wildman–Crippen LogP) is 1.93. The highest BCUT2D eigenvalue weighted by atomic mass is 32.2. The molecular weight excluding hydrogens is 380 g/mol. The summed E-state index contributed by atoms with van der Waals surface area (Å²) in [7, 11) is -3.36. The van der Waals surface area contributed by atoms with Crippen molar-refractivity contribution in [3.05, 3.63) is 11.7 Å². The van der Waals surface area contributed by atoms with Crippen LogP contribution in [0.2, 0.25) is 0 Å². The largest absolute Gasteiger partial charge is 0.339 e. The first-order valence-corrected chi connectivity index (χ1v) is 12.3. The molecule has 3 aliphatic rings. The van der Waals surface area contributed by atoms with Crippen LogP contribution in [0, 0.1) is 5.92 Å². The first kappa shape index (κ1) is 19.8. The van der Waals surface area contributed by atoms with Crippen LogP contribution in [0.25, 0.3) is 0 Å². The van der Waals surface area contributed by atoms with Gasteiger partial charge in [0.15, 0.2) is 5.82 Å². The van der Waals surface area contributed by atoms with E-state index in [1.54, 1.807) is 4.90 Å². The maximum atomic E-state index is 12.5. The number of likely N-dealkylation sites (tertiary alicyclic amines) is 1. The van der Waals surface area contributed by atoms with Crippen LogP contribution < -0.4 is 0 Å². The van der Waals surface area contributed by atoms with Gasteiger partial charge in [-0.3, -0.25) is 4.79 Å². The lowest BCUT2D eigenvalue weighted by Crippen LogP contribution is -2.62. The van der Waals surface area contributed by atoms with Gasteiger partial charge in [-0.2, -0.15) is 9.29 Å². The van der Waals surface area contributed by atoms with Gasteiger partial charge in [0.05, 0.1) is 12.3 Å². The summed E-state index contributed by atoms with van der Waals surface area (Å²) < 4.78 is 31.3. The summed E-state index contributed by atoms with van der Waals surface area (Å²) in [4.78, 5) is 18.7. The van der Waals surface area contributed by atoms with Crippen LogP contribution in [0.1, 0.15) is 69.0 Å². The molecule has 28 heavy (non-hydrogen) atoms. The fourth-order valence-electron chi connectivity index (χ4n) is 4.30. The molecule has 9 heteroatoms. The number of sulfonamides is 1. The molecule has 0 N–H and O–H groups in total. The van der Waals surface area contributed by atoms with E-state index < -0.39 is 10.0 Å². The highest BCUT2D eigenvalue weighted by Crippen LogP contribution is 2.38. The second-order valence-electron chi connectivity index (χ2n) is 8.61. The minimum absolute atomic E-state index is 0.153. The molecular formula is C19H30N4O4S. The third-order valence-electron chi connectivity index (χ3n) is 6.20. The molecule has 0 unspecified atom stereocenters. The molecule has 156 valence electrons. The number of hydrogen-bond acceptors (Lipinski definition) is 6. The molecule has 1 saturated heterocycles. The average molecular weight is 411 g/mol. The number of carbonyl (C=O) groups excluding carboxylic acids is 1. The molecule has 0 aromatic carbocycles. The summed E-state index contributed by atoms with van der Waals surface area (Å²) in [5.41, 5.74) is 0. The van der Waals surface area contributed by atoms with E-state index >= 15 is 0 Å². The predicted molar refractivity (Wildman–Crippen MR) is 103 cm³/mol. The van der Waals surface area contributed by atoms with Gasteiger partial charge in [0.1, 0.15) is 0 Å². The smallest absolute Gasteiger partial charge is 0.229 e. The first-order chi connectivity index (χ1) is 13.4. The maximum Gasteiger partial charge on any atom is 0.229 e. The molecule has 1 aliphatic heterocycles. The normalized spacial score (nSPS) is 21.9. The zero-order valence-electron chi connectivity index (χ0n) is 16.5. The molecule has 1 aromatic rings. The van der Waals surface area contributed by atoms with Crippen molar-refractivity contribution in [2.45, 2.75) is 69.7 Å². The van der Waals surface area contributed by atoms with E-state index in [1.807, 2.05) is 0 Å². The zero-order chi connectivity index (χ0) is 19.7. The Morgan fingerprint density at radius 3 is 2.54 bits per heavy atom. The van der Waals surface area contributed by atoms with E-state index in [1.165, 1.54) is 29.8 Å². The van der Waals surface area contributed by atoms with E-state index in [4.69, 9.17) is 4.52 Å². The third kappa shape index (κ3) is 4.74. The van der Waals surface area contributed by atoms with Crippen molar-refractivity contribution in [2.75, 3.05) is 25.9 Å². The van der Waals surface area contributed by atoms with Crippen molar-refractivity contribution < 1.29 is 17.7 Å². The van der Waals surface area contributed by atoms with Crippen LogP contribution in [0.3, 0.4) is 0 Å². The third-order valence-corrected chi connectivity index (χ3v) is 7.54. The van der Waals surface area contributed by atoms with Gasteiger partial charge in [-0.05, 0) is 31.6 Å². The van der Waals surface area contributed by atoms with E-state index in [-0.39, 0.29) is 11.9 Å². The summed E-state index contributed by atoms with van der Waals surface area (Å²) >= 11 is 0. The lowest BCUT2D eigenvalue weighted by atomic mass is 9.86. The molecule has 2 heterocycles. The highest BCUT2D eigenvalue weighted by Gasteiger charge is 2.39. The quantitative estimate of drug-likeness (QED) is 0.650. The fourth-order valence-corrected chi connectivity index (χ4v) is 5.40. The second kappa shape index (κ2) is 8.10. The lowest BCUT2D eigenvalue weighted by molar-refractivity contribution is -0.138. The van der Waals surface area contributed by atoms with Crippen LogP contribution in [0.5, 0.6) is 0 Å². The van der Waals surface area contributed by atoms with Gasteiger partial charge >= 0.3 is 0 Å². The fraction of sp³-hybridized carbons (Fsp3) is 0.842. The summed E-state index contributed by atoms with van der Waals surface area (Å²) in [6.07, 6.45) is 10.5. The molecule has 0 radical (unpaired) electrons. The number of rotatable bonds is 8. The Labute approximate surface area is 166 Å². The summed E-state index contributed by atoms with van der Waals surface area (Å²) in [6, 6.07) is -0.153. The van der Waals surface area contributed by atoms with Crippen LogP contribution in [0.15, 0.2) is 4.52 Å². The average Bonchev–Trinajstić information content (AvgIpc) is 3.35. The number of carbonyl (C=O) groups is 1. The Morgan fingerprint density at radius 1 is 1.18 bits per heavy atom. The molecule has 2 saturated carbocycles. The summed E-state index contributed by atoms with van der Waals surface area (Å²) in [6.45, 7) is 1.29. The number of hydrogen-bond donors (Lipinski definition) is 0. The van der Waals surface area contributed by atoms with Crippen molar-refractivity contribution in [3.8, 4) is 0 Å². The first-order valence-electron chi connectivity index (χ1n) is 10.5. The number of nitrogens with zero attached hydrogens (tertiary/aromatic N) is 4. The molecule has 8 nitrogen and oxygen atoms in total. The maximum absolute atomic E-state index is 12.5. The second-order valence-corrected chi connectivity index (χ2v) is 10.5. The van der Waals surface area contributed by atoms with E-state index in [0.717, 1.165) is 25.7 Å². The molecule has 0 atom stereocenters. The molecule has 0 bridgehead atoms. The van der Waals surface area contributed by atoms with Crippen molar-refractivity contribution in [3.63, 3.8) is 0 Å². The van der Waals surface area contributed by atoms with Crippen LogP contribution >= 0.6 is 0 Å². The molecule has 3 fully saturated rings. The Kier molecular flexibility index (Phi) is 5.73. The summed E-state index contributed by atoms with van der Waals surface area (Å²) in [5.74, 6) is 2.29. The van der Waals surface area contributed by atoms with E-state index in [9.17, 15) is 13.2 Å². The Balaban J connectivity index is 1.28. The van der Waals surface area contributed by atoms with Gasteiger partial charge in [-0.25, -0.2) is 8.42 Å². The zero-order valence-corrected chi connectivity index (χ0v) is 17.4. The van der Waals surface area contributed by atoms with Crippen LogP contribution in [0.4, 0.5) is 0 Å². The molecule has 4 rings (SSSR count). The van der Waals surface area contributed by atoms with Crippen molar-refractivity contribution in [1.29, 1.82) is 0 Å². The Bertz CT molecular complexity index is 793. The SMILES string of the molecule is CS(=O)(=O)N(CCc1noc(C2CC2)n1)C1CN(C(=O)CC2CCCCC2)C1. The van der Waals surface area contributed by atoms with Crippen LogP contribution in [-0.4, -0.2) is 65.6 Å². The van der Waals surface area contributed by atoms with Crippen molar-refractivity contribution >= 4 is 15.9 Å². The summed E-state index contributed by atoms with van der Waals surface area (Å²) in [5, 5.41) is 3.97. The van der Waals surface area contributed by atoms with Crippen molar-refractivity contribution in [2.24, 2.45) is 5.92 Å². The lowest BCUT2D eigenvalue weighted by Gasteiger charge is -2.44. The molecule has 0 spiro atoms. The monoisotopic (exact) mass is 410 g/mol. The minimum Gasteiger partial charge on any atom is -0.339 e. The van der Waals surface area contributed by atoms with Gasteiger partial charge in [0.2, 0.25) is 21.8 Å². The standard InChI is InChI=1S/C19H30N4O4S/c1-28(25,26)23(10-9-17-20-19(27-21-17)15-7-8-15)16-12-22(13-16)18(24)11-14-5-3-2-4-6-14/h14-16H,2-13H2,1H3. The Hall–Kier alpha value is -1.48. The topological polar surface area (TPSA) is 96.6 Å². The number of amides is 1. The number of aromatic nitrogens is 2. The van der Waals surface area contributed by atoms with Gasteiger partial charge in [-0.1, -0.05) is 24.4 Å². The van der Waals surface area contributed by atoms with Gasteiger partial charge in [0, 0.05) is 38.4 Å². The van der Waals surface area contributed by atoms with E-state index in [2.05, 4.69) is 10.1 Å². The van der Waals surface area contributed by atoms with Gasteiger partial charge < -0.3 is 9.42 Å². The van der Waals surface area contributed by atoms with Crippen LogP contribution in [-0.2, 0) is 21.2 Å². The van der Waals surface area contributed by atoms with Crippen molar-refractivity contribution in [1.82, 2.24) is 19.3 Å². The van der Waals surface area contributed by atoms with Gasteiger partial charge in [0.25, 0.3) is 0 Å². The van der Waals surface area contributed by atoms with E-state index in [0.29, 0.717) is 56.0 Å². The molecule has 2 aliphatic carbocycles.